The number of hydrogen-bond donors (Lipinski definition) is 1. The molecule has 4 heteroatoms. The zero-order valence-corrected chi connectivity index (χ0v) is 13.4. The molecule has 0 saturated carbocycles. The van der Waals surface area contributed by atoms with E-state index >= 15 is 0 Å². The van der Waals surface area contributed by atoms with E-state index in [1.165, 1.54) is 0 Å². The van der Waals surface area contributed by atoms with Crippen LogP contribution in [0.4, 0.5) is 0 Å². The van der Waals surface area contributed by atoms with Crippen molar-refractivity contribution in [1.82, 2.24) is 4.98 Å². The van der Waals surface area contributed by atoms with Crippen LogP contribution in [0.25, 0.3) is 0 Å². The number of hydrogen-bond acceptors (Lipinski definition) is 4. The van der Waals surface area contributed by atoms with Crippen LogP contribution in [0.2, 0.25) is 0 Å². The van der Waals surface area contributed by atoms with Gasteiger partial charge in [-0.25, -0.2) is 0 Å². The third-order valence-corrected chi connectivity index (χ3v) is 3.67. The quantitative estimate of drug-likeness (QED) is 0.899. The predicted molar refractivity (Wildman–Crippen MR) is 81.0 cm³/mol. The number of aryl methyl sites for hydroxylation is 1. The Morgan fingerprint density at radius 2 is 2.00 bits per heavy atom. The summed E-state index contributed by atoms with van der Waals surface area (Å²) >= 11 is 0. The summed E-state index contributed by atoms with van der Waals surface area (Å²) in [5.74, 6) is 0.928. The first-order chi connectivity index (χ1) is 9.16. The third kappa shape index (κ3) is 4.04. The lowest BCUT2D eigenvalue weighted by Crippen LogP contribution is -2.37. The molecule has 0 fully saturated rings. The second-order valence-electron chi connectivity index (χ2n) is 6.44. The number of ketones is 1. The molecule has 0 amide bonds. The SMILES string of the molecule is COc1c(C)cnc(CC(=O)CC(N)C(C)(C)C)c1C. The molecule has 1 unspecified atom stereocenters. The van der Waals surface area contributed by atoms with Crippen molar-refractivity contribution in [3.63, 3.8) is 0 Å². The molecule has 0 saturated heterocycles. The zero-order chi connectivity index (χ0) is 15.5. The van der Waals surface area contributed by atoms with Crippen molar-refractivity contribution in [2.75, 3.05) is 7.11 Å². The van der Waals surface area contributed by atoms with E-state index in [1.807, 2.05) is 34.6 Å². The van der Waals surface area contributed by atoms with E-state index in [-0.39, 0.29) is 17.2 Å². The molecule has 0 aromatic carbocycles. The van der Waals surface area contributed by atoms with Gasteiger partial charge in [0.25, 0.3) is 0 Å². The van der Waals surface area contributed by atoms with Crippen molar-refractivity contribution < 1.29 is 9.53 Å². The Kier molecular flexibility index (Phi) is 5.28. The minimum atomic E-state index is -0.136. The van der Waals surface area contributed by atoms with Crippen molar-refractivity contribution in [2.45, 2.75) is 53.5 Å². The number of rotatable bonds is 5. The van der Waals surface area contributed by atoms with Crippen LogP contribution in [0, 0.1) is 19.3 Å². The van der Waals surface area contributed by atoms with E-state index in [0.29, 0.717) is 12.8 Å². The van der Waals surface area contributed by atoms with Crippen LogP contribution in [-0.2, 0) is 11.2 Å². The van der Waals surface area contributed by atoms with Gasteiger partial charge in [-0.2, -0.15) is 0 Å². The van der Waals surface area contributed by atoms with Crippen LogP contribution in [0.15, 0.2) is 6.20 Å². The minimum Gasteiger partial charge on any atom is -0.496 e. The summed E-state index contributed by atoms with van der Waals surface area (Å²) in [5.41, 5.74) is 8.68. The topological polar surface area (TPSA) is 65.2 Å². The smallest absolute Gasteiger partial charge is 0.140 e. The van der Waals surface area contributed by atoms with Gasteiger partial charge in [-0.15, -0.1) is 0 Å². The molecule has 2 N–H and O–H groups in total. The van der Waals surface area contributed by atoms with Crippen LogP contribution < -0.4 is 10.5 Å². The number of carbonyl (C=O) groups excluding carboxylic acids is 1. The number of nitrogens with two attached hydrogens (primary N) is 1. The van der Waals surface area contributed by atoms with Crippen LogP contribution in [-0.4, -0.2) is 23.9 Å². The van der Waals surface area contributed by atoms with Crippen molar-refractivity contribution in [3.05, 3.63) is 23.0 Å². The summed E-state index contributed by atoms with van der Waals surface area (Å²) in [4.78, 5) is 16.5. The lowest BCUT2D eigenvalue weighted by atomic mass is 9.84. The maximum atomic E-state index is 12.1. The van der Waals surface area contributed by atoms with Gasteiger partial charge in [0, 0.05) is 36.2 Å². The Bertz CT molecular complexity index is 490. The molecule has 4 nitrogen and oxygen atoms in total. The number of methoxy groups -OCH3 is 1. The lowest BCUT2D eigenvalue weighted by Gasteiger charge is -2.26. The monoisotopic (exact) mass is 278 g/mol. The van der Waals surface area contributed by atoms with Crippen LogP contribution in [0.3, 0.4) is 0 Å². The van der Waals surface area contributed by atoms with Crippen molar-refractivity contribution in [1.29, 1.82) is 0 Å². The van der Waals surface area contributed by atoms with Gasteiger partial charge < -0.3 is 10.5 Å². The number of pyridine rings is 1. The van der Waals surface area contributed by atoms with Crippen LogP contribution >= 0.6 is 0 Å². The average Bonchev–Trinajstić information content (AvgIpc) is 2.32. The first kappa shape index (κ1) is 16.6. The summed E-state index contributed by atoms with van der Waals surface area (Å²) in [7, 11) is 1.64. The molecule has 0 radical (unpaired) electrons. The first-order valence-electron chi connectivity index (χ1n) is 6.93. The van der Waals surface area contributed by atoms with E-state index in [9.17, 15) is 4.79 Å². The first-order valence-corrected chi connectivity index (χ1v) is 6.93. The fourth-order valence-electron chi connectivity index (χ4n) is 2.06. The standard InChI is InChI=1S/C16H26N2O2/c1-10-9-18-13(11(2)15(10)20-6)7-12(19)8-14(17)16(3,4)5/h9,14H,7-8,17H2,1-6H3. The Hall–Kier alpha value is -1.42. The van der Waals surface area contributed by atoms with Crippen molar-refractivity contribution >= 4 is 5.78 Å². The van der Waals surface area contributed by atoms with Gasteiger partial charge in [-0.05, 0) is 19.3 Å². The van der Waals surface area contributed by atoms with Gasteiger partial charge >= 0.3 is 0 Å². The summed E-state index contributed by atoms with van der Waals surface area (Å²) in [6.07, 6.45) is 2.44. The number of carbonyl (C=O) groups is 1. The highest BCUT2D eigenvalue weighted by atomic mass is 16.5. The highest BCUT2D eigenvalue weighted by molar-refractivity contribution is 5.81. The fourth-order valence-corrected chi connectivity index (χ4v) is 2.06. The molecule has 0 bridgehead atoms. The van der Waals surface area contributed by atoms with Crippen LogP contribution in [0.1, 0.15) is 44.0 Å². The van der Waals surface area contributed by atoms with Gasteiger partial charge in [0.15, 0.2) is 0 Å². The zero-order valence-electron chi connectivity index (χ0n) is 13.4. The van der Waals surface area contributed by atoms with E-state index in [0.717, 1.165) is 22.6 Å². The molecule has 0 aliphatic heterocycles. The Balaban J connectivity index is 2.82. The Morgan fingerprint density at radius 1 is 1.40 bits per heavy atom. The Labute approximate surface area is 121 Å². The maximum absolute atomic E-state index is 12.1. The molecule has 1 aromatic heterocycles. The lowest BCUT2D eigenvalue weighted by molar-refractivity contribution is -0.119. The molecule has 1 rings (SSSR count). The molecule has 1 heterocycles. The van der Waals surface area contributed by atoms with E-state index in [2.05, 4.69) is 4.98 Å². The molecule has 1 atom stereocenters. The van der Waals surface area contributed by atoms with Gasteiger partial charge in [0.05, 0.1) is 12.8 Å². The maximum Gasteiger partial charge on any atom is 0.140 e. The molecule has 0 aliphatic carbocycles. The molecule has 0 spiro atoms. The number of Topliss-reactive ketones (excluding diaryl/α,β-unsaturated/α-hetero) is 1. The normalized spacial score (nSPS) is 13.2. The Morgan fingerprint density at radius 3 is 2.50 bits per heavy atom. The van der Waals surface area contributed by atoms with Gasteiger partial charge in [-0.1, -0.05) is 20.8 Å². The number of ether oxygens (including phenoxy) is 1. The van der Waals surface area contributed by atoms with Crippen molar-refractivity contribution in [2.24, 2.45) is 11.1 Å². The molecule has 20 heavy (non-hydrogen) atoms. The number of aromatic nitrogens is 1. The van der Waals surface area contributed by atoms with Gasteiger partial charge in [-0.3, -0.25) is 9.78 Å². The summed E-state index contributed by atoms with van der Waals surface area (Å²) < 4.78 is 5.36. The largest absolute Gasteiger partial charge is 0.496 e. The highest BCUT2D eigenvalue weighted by Crippen LogP contribution is 2.25. The van der Waals surface area contributed by atoms with Gasteiger partial charge in [0.1, 0.15) is 11.5 Å². The molecule has 112 valence electrons. The molecular weight excluding hydrogens is 252 g/mol. The molecule has 1 aromatic rings. The van der Waals surface area contributed by atoms with E-state index in [1.54, 1.807) is 13.3 Å². The predicted octanol–water partition coefficient (Wildman–Crippen LogP) is 2.58. The average molecular weight is 278 g/mol. The third-order valence-electron chi connectivity index (χ3n) is 3.67. The van der Waals surface area contributed by atoms with E-state index in [4.69, 9.17) is 10.5 Å². The fraction of sp³-hybridized carbons (Fsp3) is 0.625. The molecule has 0 aliphatic rings. The summed E-state index contributed by atoms with van der Waals surface area (Å²) in [6, 6.07) is -0.136. The second kappa shape index (κ2) is 6.35. The van der Waals surface area contributed by atoms with E-state index < -0.39 is 0 Å². The summed E-state index contributed by atoms with van der Waals surface area (Å²) in [6.45, 7) is 10.0. The number of nitrogens with zero attached hydrogens (tertiary/aromatic N) is 1. The summed E-state index contributed by atoms with van der Waals surface area (Å²) in [5, 5.41) is 0. The van der Waals surface area contributed by atoms with Crippen LogP contribution in [0.5, 0.6) is 5.75 Å². The minimum absolute atomic E-state index is 0.0664. The van der Waals surface area contributed by atoms with Crippen molar-refractivity contribution in [3.8, 4) is 5.75 Å². The highest BCUT2D eigenvalue weighted by Gasteiger charge is 2.23. The second-order valence-corrected chi connectivity index (χ2v) is 6.44. The van der Waals surface area contributed by atoms with Gasteiger partial charge in [0.2, 0.25) is 0 Å². The molecular formula is C16H26N2O2.